The van der Waals surface area contributed by atoms with Crippen molar-refractivity contribution in [2.75, 3.05) is 0 Å². The fourth-order valence-corrected chi connectivity index (χ4v) is 4.36. The predicted octanol–water partition coefficient (Wildman–Crippen LogP) is 3.03. The first-order valence-corrected chi connectivity index (χ1v) is 8.83. The Bertz CT molecular complexity index is 743. The summed E-state index contributed by atoms with van der Waals surface area (Å²) in [6.07, 6.45) is 0. The second kappa shape index (κ2) is 5.99. The maximum absolute atomic E-state index is 12.5. The van der Waals surface area contributed by atoms with Crippen LogP contribution in [0.2, 0.25) is 0 Å². The lowest BCUT2D eigenvalue weighted by Crippen LogP contribution is -2.29. The number of nitrogens with one attached hydrogen (secondary N) is 1. The molecule has 4 nitrogen and oxygen atoms in total. The quantitative estimate of drug-likeness (QED) is 0.940. The number of amides is 1. The fourth-order valence-electron chi connectivity index (χ4n) is 1.75. The van der Waals surface area contributed by atoms with Gasteiger partial charge >= 0.3 is 0 Å². The van der Waals surface area contributed by atoms with Crippen molar-refractivity contribution in [3.8, 4) is 0 Å². The second-order valence-electron chi connectivity index (χ2n) is 5.06. The van der Waals surface area contributed by atoms with Gasteiger partial charge in [0.15, 0.2) is 0 Å². The number of hydrogen-bond donors (Lipinski definition) is 1. The zero-order valence-corrected chi connectivity index (χ0v) is 13.7. The number of thiophene rings is 1. The summed E-state index contributed by atoms with van der Waals surface area (Å²) in [7, 11) is -3.56. The Morgan fingerprint density at radius 1 is 1.10 bits per heavy atom. The van der Waals surface area contributed by atoms with Crippen molar-refractivity contribution in [2.24, 2.45) is 0 Å². The van der Waals surface area contributed by atoms with Crippen molar-refractivity contribution in [3.63, 3.8) is 0 Å². The van der Waals surface area contributed by atoms with Crippen LogP contribution in [-0.2, 0) is 9.84 Å². The largest absolute Gasteiger partial charge is 0.349 e. The molecule has 0 atom stereocenters. The molecule has 0 aliphatic heterocycles. The number of carbonyl (C=O) groups excluding carboxylic acids is 1. The monoisotopic (exact) mass is 323 g/mol. The van der Waals surface area contributed by atoms with Crippen molar-refractivity contribution in [1.29, 1.82) is 0 Å². The molecule has 1 aromatic carbocycles. The lowest BCUT2D eigenvalue weighted by molar-refractivity contribution is 0.0947. The Balaban J connectivity index is 2.32. The van der Waals surface area contributed by atoms with E-state index >= 15 is 0 Å². The molecule has 0 unspecified atom stereocenters. The van der Waals surface area contributed by atoms with E-state index in [0.29, 0.717) is 4.88 Å². The molecule has 6 heteroatoms. The van der Waals surface area contributed by atoms with E-state index in [9.17, 15) is 13.2 Å². The van der Waals surface area contributed by atoms with Crippen molar-refractivity contribution >= 4 is 27.1 Å². The summed E-state index contributed by atoms with van der Waals surface area (Å²) in [5.74, 6) is -0.250. The van der Waals surface area contributed by atoms with Gasteiger partial charge in [0, 0.05) is 6.04 Å². The van der Waals surface area contributed by atoms with Gasteiger partial charge in [0.25, 0.3) is 5.91 Å². The number of benzene rings is 1. The topological polar surface area (TPSA) is 63.2 Å². The van der Waals surface area contributed by atoms with E-state index in [-0.39, 0.29) is 21.1 Å². The molecule has 0 spiro atoms. The zero-order valence-electron chi connectivity index (χ0n) is 12.1. The van der Waals surface area contributed by atoms with Crippen LogP contribution < -0.4 is 5.32 Å². The minimum atomic E-state index is -3.56. The summed E-state index contributed by atoms with van der Waals surface area (Å²) in [6, 6.07) is 9.71. The van der Waals surface area contributed by atoms with Crippen LogP contribution in [0.4, 0.5) is 0 Å². The van der Waals surface area contributed by atoms with E-state index in [1.807, 2.05) is 20.8 Å². The highest BCUT2D eigenvalue weighted by molar-refractivity contribution is 7.93. The van der Waals surface area contributed by atoms with Crippen LogP contribution in [0.1, 0.15) is 29.1 Å². The van der Waals surface area contributed by atoms with E-state index in [1.54, 1.807) is 30.3 Å². The van der Waals surface area contributed by atoms with Crippen LogP contribution in [0, 0.1) is 6.92 Å². The van der Waals surface area contributed by atoms with Crippen molar-refractivity contribution in [2.45, 2.75) is 35.9 Å². The molecule has 0 saturated carbocycles. The first kappa shape index (κ1) is 15.7. The van der Waals surface area contributed by atoms with Gasteiger partial charge in [-0.15, -0.1) is 11.3 Å². The number of rotatable bonds is 4. The Morgan fingerprint density at radius 3 is 2.29 bits per heavy atom. The summed E-state index contributed by atoms with van der Waals surface area (Å²) < 4.78 is 25.1. The highest BCUT2D eigenvalue weighted by Gasteiger charge is 2.21. The lowest BCUT2D eigenvalue weighted by atomic mass is 10.2. The molecule has 0 aliphatic rings. The van der Waals surface area contributed by atoms with Crippen molar-refractivity contribution in [3.05, 3.63) is 46.8 Å². The Labute approximate surface area is 128 Å². The number of carbonyl (C=O) groups is 1. The summed E-state index contributed by atoms with van der Waals surface area (Å²) in [5, 5.41) is 2.75. The molecule has 0 aliphatic carbocycles. The molecular formula is C15H17NO3S2. The summed E-state index contributed by atoms with van der Waals surface area (Å²) >= 11 is 0.989. The first-order valence-electron chi connectivity index (χ1n) is 6.53. The van der Waals surface area contributed by atoms with Gasteiger partial charge in [0.1, 0.15) is 4.21 Å². The lowest BCUT2D eigenvalue weighted by Gasteiger charge is -2.06. The molecule has 1 amide bonds. The molecule has 2 aromatic rings. The van der Waals surface area contributed by atoms with E-state index in [2.05, 4.69) is 5.32 Å². The van der Waals surface area contributed by atoms with Crippen LogP contribution in [0.25, 0.3) is 0 Å². The van der Waals surface area contributed by atoms with Crippen LogP contribution in [0.5, 0.6) is 0 Å². The highest BCUT2D eigenvalue weighted by Crippen LogP contribution is 2.28. The SMILES string of the molecule is Cc1ccc(S(=O)(=O)c2ccc(C(=O)NC(C)C)s2)cc1. The summed E-state index contributed by atoms with van der Waals surface area (Å²) in [5.41, 5.74) is 0.997. The van der Waals surface area contributed by atoms with Crippen LogP contribution in [0.3, 0.4) is 0 Å². The van der Waals surface area contributed by atoms with Gasteiger partial charge < -0.3 is 5.32 Å². The normalized spacial score (nSPS) is 11.6. The molecule has 1 heterocycles. The highest BCUT2D eigenvalue weighted by atomic mass is 32.2. The maximum atomic E-state index is 12.5. The fraction of sp³-hybridized carbons (Fsp3) is 0.267. The Kier molecular flexibility index (Phi) is 4.49. The van der Waals surface area contributed by atoms with Gasteiger partial charge in [-0.3, -0.25) is 4.79 Å². The van der Waals surface area contributed by atoms with E-state index < -0.39 is 9.84 Å². The van der Waals surface area contributed by atoms with Gasteiger partial charge in [-0.25, -0.2) is 8.42 Å². The Hall–Kier alpha value is -1.66. The predicted molar refractivity (Wildman–Crippen MR) is 83.6 cm³/mol. The minimum Gasteiger partial charge on any atom is -0.349 e. The van der Waals surface area contributed by atoms with Gasteiger partial charge in [-0.2, -0.15) is 0 Å². The van der Waals surface area contributed by atoms with Gasteiger partial charge in [0.2, 0.25) is 9.84 Å². The molecule has 0 radical (unpaired) electrons. The number of hydrogen-bond acceptors (Lipinski definition) is 4. The van der Waals surface area contributed by atoms with E-state index in [1.165, 1.54) is 6.07 Å². The number of sulfone groups is 1. The van der Waals surface area contributed by atoms with Crippen molar-refractivity contribution in [1.82, 2.24) is 5.32 Å². The third kappa shape index (κ3) is 3.51. The van der Waals surface area contributed by atoms with Gasteiger partial charge in [0.05, 0.1) is 9.77 Å². The second-order valence-corrected chi connectivity index (χ2v) is 8.32. The van der Waals surface area contributed by atoms with Gasteiger partial charge in [-0.05, 0) is 45.0 Å². The molecular weight excluding hydrogens is 306 g/mol. The summed E-state index contributed by atoms with van der Waals surface area (Å²) in [6.45, 7) is 5.61. The first-order chi connectivity index (χ1) is 9.80. The Morgan fingerprint density at radius 2 is 1.71 bits per heavy atom. The average molecular weight is 323 g/mol. The third-order valence-electron chi connectivity index (χ3n) is 2.82. The molecule has 112 valence electrons. The number of aryl methyl sites for hydroxylation is 1. The summed E-state index contributed by atoms with van der Waals surface area (Å²) in [4.78, 5) is 12.5. The average Bonchev–Trinajstić information content (AvgIpc) is 2.88. The minimum absolute atomic E-state index is 0.0109. The van der Waals surface area contributed by atoms with Crippen LogP contribution >= 0.6 is 11.3 Å². The molecule has 1 aromatic heterocycles. The molecule has 21 heavy (non-hydrogen) atoms. The zero-order chi connectivity index (χ0) is 15.6. The third-order valence-corrected chi connectivity index (χ3v) is 6.17. The molecule has 0 bridgehead atoms. The van der Waals surface area contributed by atoms with Crippen LogP contribution in [0.15, 0.2) is 45.5 Å². The standard InChI is InChI=1S/C15H17NO3S2/c1-10(2)16-15(17)13-8-9-14(20-13)21(18,19)12-6-4-11(3)5-7-12/h4-10H,1-3H3,(H,16,17). The van der Waals surface area contributed by atoms with Gasteiger partial charge in [-0.1, -0.05) is 17.7 Å². The smallest absolute Gasteiger partial charge is 0.261 e. The van der Waals surface area contributed by atoms with Crippen LogP contribution in [-0.4, -0.2) is 20.4 Å². The molecule has 0 saturated heterocycles. The molecule has 1 N–H and O–H groups in total. The maximum Gasteiger partial charge on any atom is 0.261 e. The van der Waals surface area contributed by atoms with E-state index in [4.69, 9.17) is 0 Å². The molecule has 0 fully saturated rings. The van der Waals surface area contributed by atoms with Crippen molar-refractivity contribution < 1.29 is 13.2 Å². The van der Waals surface area contributed by atoms with E-state index in [0.717, 1.165) is 16.9 Å². The molecule has 2 rings (SSSR count).